The van der Waals surface area contributed by atoms with Gasteiger partial charge in [-0.15, -0.1) is 0 Å². The monoisotopic (exact) mass is 247 g/mol. The van der Waals surface area contributed by atoms with Crippen LogP contribution in [0.4, 0.5) is 0 Å². The van der Waals surface area contributed by atoms with E-state index in [0.717, 1.165) is 17.5 Å². The van der Waals surface area contributed by atoms with E-state index in [0.29, 0.717) is 5.75 Å². The molecule has 1 unspecified atom stereocenters. The van der Waals surface area contributed by atoms with Gasteiger partial charge in [-0.05, 0) is 30.5 Å². The molecule has 4 heteroatoms. The second kappa shape index (κ2) is 5.54. The number of nitriles is 1. The van der Waals surface area contributed by atoms with Gasteiger partial charge in [0.25, 0.3) is 0 Å². The molecule has 0 fully saturated rings. The number of carbonyl (C=O) groups is 1. The SMILES string of the molecule is CCc1ccc(OC)c(CC(C)(C#N)C(=O)O)c1. The van der Waals surface area contributed by atoms with E-state index in [1.807, 2.05) is 31.2 Å². The highest BCUT2D eigenvalue weighted by molar-refractivity contribution is 5.78. The summed E-state index contributed by atoms with van der Waals surface area (Å²) in [6.07, 6.45) is 0.989. The summed E-state index contributed by atoms with van der Waals surface area (Å²) in [5, 5.41) is 18.2. The summed E-state index contributed by atoms with van der Waals surface area (Å²) >= 11 is 0. The van der Waals surface area contributed by atoms with Gasteiger partial charge in [0, 0.05) is 6.42 Å². The van der Waals surface area contributed by atoms with Crippen LogP contribution in [0.15, 0.2) is 18.2 Å². The molecule has 1 aromatic carbocycles. The zero-order chi connectivity index (χ0) is 13.8. The molecule has 1 aromatic rings. The molecule has 0 aliphatic carbocycles. The van der Waals surface area contributed by atoms with Crippen LogP contribution in [0.3, 0.4) is 0 Å². The van der Waals surface area contributed by atoms with Crippen LogP contribution in [-0.4, -0.2) is 18.2 Å². The largest absolute Gasteiger partial charge is 0.496 e. The third-order valence-electron chi connectivity index (χ3n) is 3.02. The van der Waals surface area contributed by atoms with Gasteiger partial charge in [-0.2, -0.15) is 5.26 Å². The number of rotatable bonds is 5. The maximum atomic E-state index is 11.1. The number of carboxylic acids is 1. The van der Waals surface area contributed by atoms with E-state index in [4.69, 9.17) is 15.1 Å². The minimum Gasteiger partial charge on any atom is -0.496 e. The van der Waals surface area contributed by atoms with Gasteiger partial charge in [-0.1, -0.05) is 19.1 Å². The molecule has 0 heterocycles. The Morgan fingerprint density at radius 1 is 1.56 bits per heavy atom. The standard InChI is InChI=1S/C14H17NO3/c1-4-10-5-6-12(18-3)11(7-10)8-14(2,9-15)13(16)17/h5-7H,4,8H2,1-3H3,(H,16,17). The predicted molar refractivity (Wildman–Crippen MR) is 67.4 cm³/mol. The summed E-state index contributed by atoms with van der Waals surface area (Å²) in [4.78, 5) is 11.1. The molecular formula is C14H17NO3. The second-order valence-electron chi connectivity index (χ2n) is 4.43. The summed E-state index contributed by atoms with van der Waals surface area (Å²) in [5.74, 6) is -0.496. The maximum Gasteiger partial charge on any atom is 0.324 e. The molecule has 1 rings (SSSR count). The number of carboxylic acid groups (broad SMARTS) is 1. The molecule has 0 aromatic heterocycles. The highest BCUT2D eigenvalue weighted by Crippen LogP contribution is 2.29. The predicted octanol–water partition coefficient (Wildman–Crippen LogP) is 2.41. The van der Waals surface area contributed by atoms with E-state index >= 15 is 0 Å². The van der Waals surface area contributed by atoms with Crippen LogP contribution in [0, 0.1) is 16.7 Å². The van der Waals surface area contributed by atoms with Crippen molar-refractivity contribution in [2.24, 2.45) is 5.41 Å². The minimum atomic E-state index is -1.43. The molecule has 0 spiro atoms. The van der Waals surface area contributed by atoms with Crippen molar-refractivity contribution in [3.8, 4) is 11.8 Å². The van der Waals surface area contributed by atoms with Crippen molar-refractivity contribution >= 4 is 5.97 Å². The number of aryl methyl sites for hydroxylation is 1. The molecule has 0 saturated carbocycles. The van der Waals surface area contributed by atoms with Crippen molar-refractivity contribution in [1.82, 2.24) is 0 Å². The molecule has 0 aliphatic heterocycles. The Morgan fingerprint density at radius 2 is 2.22 bits per heavy atom. The molecule has 0 saturated heterocycles. The molecule has 0 bridgehead atoms. The Morgan fingerprint density at radius 3 is 2.67 bits per heavy atom. The van der Waals surface area contributed by atoms with Gasteiger partial charge < -0.3 is 9.84 Å². The lowest BCUT2D eigenvalue weighted by Gasteiger charge is -2.18. The fraction of sp³-hybridized carbons (Fsp3) is 0.429. The molecule has 0 aliphatic rings. The van der Waals surface area contributed by atoms with Crippen LogP contribution in [0.2, 0.25) is 0 Å². The molecule has 0 amide bonds. The second-order valence-corrected chi connectivity index (χ2v) is 4.43. The lowest BCUT2D eigenvalue weighted by Crippen LogP contribution is -2.28. The number of ether oxygens (including phenoxy) is 1. The van der Waals surface area contributed by atoms with Gasteiger partial charge in [-0.25, -0.2) is 0 Å². The summed E-state index contributed by atoms with van der Waals surface area (Å²) in [6.45, 7) is 3.44. The fourth-order valence-corrected chi connectivity index (χ4v) is 1.73. The van der Waals surface area contributed by atoms with E-state index in [-0.39, 0.29) is 6.42 Å². The summed E-state index contributed by atoms with van der Waals surface area (Å²) in [6, 6.07) is 7.51. The Labute approximate surface area is 107 Å². The minimum absolute atomic E-state index is 0.135. The van der Waals surface area contributed by atoms with Crippen LogP contribution >= 0.6 is 0 Å². The molecular weight excluding hydrogens is 230 g/mol. The zero-order valence-corrected chi connectivity index (χ0v) is 10.9. The first-order valence-corrected chi connectivity index (χ1v) is 5.77. The molecule has 1 N–H and O–H groups in total. The molecule has 18 heavy (non-hydrogen) atoms. The van der Waals surface area contributed by atoms with E-state index in [1.165, 1.54) is 14.0 Å². The number of benzene rings is 1. The molecule has 4 nitrogen and oxygen atoms in total. The Kier molecular flexibility index (Phi) is 4.33. The zero-order valence-electron chi connectivity index (χ0n) is 10.9. The molecule has 96 valence electrons. The van der Waals surface area contributed by atoms with Gasteiger partial charge in [0.15, 0.2) is 5.41 Å². The number of hydrogen-bond acceptors (Lipinski definition) is 3. The fourth-order valence-electron chi connectivity index (χ4n) is 1.73. The van der Waals surface area contributed by atoms with Crippen LogP contribution in [0.1, 0.15) is 25.0 Å². The average molecular weight is 247 g/mol. The van der Waals surface area contributed by atoms with Crippen molar-refractivity contribution in [2.75, 3.05) is 7.11 Å². The van der Waals surface area contributed by atoms with Crippen molar-refractivity contribution in [2.45, 2.75) is 26.7 Å². The van der Waals surface area contributed by atoms with Crippen molar-refractivity contribution in [1.29, 1.82) is 5.26 Å². The Bertz CT molecular complexity index is 490. The van der Waals surface area contributed by atoms with E-state index in [1.54, 1.807) is 0 Å². The summed E-state index contributed by atoms with van der Waals surface area (Å²) in [5.41, 5.74) is 0.416. The quantitative estimate of drug-likeness (QED) is 0.867. The first-order chi connectivity index (χ1) is 8.46. The van der Waals surface area contributed by atoms with Gasteiger partial charge >= 0.3 is 5.97 Å². The van der Waals surface area contributed by atoms with E-state index in [2.05, 4.69) is 0 Å². The number of methoxy groups -OCH3 is 1. The highest BCUT2D eigenvalue weighted by atomic mass is 16.5. The third kappa shape index (κ3) is 2.80. The molecule has 0 radical (unpaired) electrons. The van der Waals surface area contributed by atoms with Crippen LogP contribution in [-0.2, 0) is 17.6 Å². The highest BCUT2D eigenvalue weighted by Gasteiger charge is 2.34. The molecule has 1 atom stereocenters. The first kappa shape index (κ1) is 14.0. The summed E-state index contributed by atoms with van der Waals surface area (Å²) in [7, 11) is 1.54. The van der Waals surface area contributed by atoms with E-state index < -0.39 is 11.4 Å². The third-order valence-corrected chi connectivity index (χ3v) is 3.02. The topological polar surface area (TPSA) is 70.3 Å². The summed E-state index contributed by atoms with van der Waals surface area (Å²) < 4.78 is 5.21. The maximum absolute atomic E-state index is 11.1. The van der Waals surface area contributed by atoms with Crippen LogP contribution in [0.5, 0.6) is 5.75 Å². The van der Waals surface area contributed by atoms with Crippen molar-refractivity contribution < 1.29 is 14.6 Å². The van der Waals surface area contributed by atoms with Gasteiger partial charge in [0.2, 0.25) is 0 Å². The van der Waals surface area contributed by atoms with Crippen molar-refractivity contribution in [3.05, 3.63) is 29.3 Å². The van der Waals surface area contributed by atoms with Crippen LogP contribution in [0.25, 0.3) is 0 Å². The number of nitrogens with zero attached hydrogens (tertiary/aromatic N) is 1. The van der Waals surface area contributed by atoms with E-state index in [9.17, 15) is 4.79 Å². The number of hydrogen-bond donors (Lipinski definition) is 1. The van der Waals surface area contributed by atoms with Gasteiger partial charge in [0.05, 0.1) is 13.2 Å². The lowest BCUT2D eigenvalue weighted by molar-refractivity contribution is -0.144. The van der Waals surface area contributed by atoms with Gasteiger partial charge in [-0.3, -0.25) is 4.79 Å². The van der Waals surface area contributed by atoms with Crippen molar-refractivity contribution in [3.63, 3.8) is 0 Å². The Balaban J connectivity index is 3.16. The Hall–Kier alpha value is -2.02. The van der Waals surface area contributed by atoms with Gasteiger partial charge in [0.1, 0.15) is 5.75 Å². The normalized spacial score (nSPS) is 13.4. The number of aliphatic carboxylic acids is 1. The van der Waals surface area contributed by atoms with Crippen LogP contribution < -0.4 is 4.74 Å². The first-order valence-electron chi connectivity index (χ1n) is 5.77. The average Bonchev–Trinajstić information content (AvgIpc) is 2.38. The lowest BCUT2D eigenvalue weighted by atomic mass is 9.84. The smallest absolute Gasteiger partial charge is 0.324 e.